The first-order valence-electron chi connectivity index (χ1n) is 8.62. The van der Waals surface area contributed by atoms with Gasteiger partial charge in [-0.05, 0) is 24.3 Å². The average molecular weight is 378 g/mol. The van der Waals surface area contributed by atoms with Gasteiger partial charge in [-0.1, -0.05) is 0 Å². The summed E-state index contributed by atoms with van der Waals surface area (Å²) in [7, 11) is 0. The largest absolute Gasteiger partial charge is 0.490 e. The van der Waals surface area contributed by atoms with Crippen LogP contribution in [0.5, 0.6) is 11.5 Å². The molecule has 28 heavy (non-hydrogen) atoms. The summed E-state index contributed by atoms with van der Waals surface area (Å²) in [4.78, 5) is 33.5. The second-order valence-electron chi connectivity index (χ2n) is 6.17. The Hall–Kier alpha value is -3.95. The molecule has 0 saturated carbocycles. The highest BCUT2D eigenvalue weighted by molar-refractivity contribution is 6.00. The van der Waals surface area contributed by atoms with E-state index < -0.39 is 11.5 Å². The van der Waals surface area contributed by atoms with Gasteiger partial charge < -0.3 is 9.47 Å². The van der Waals surface area contributed by atoms with Gasteiger partial charge in [-0.15, -0.1) is 0 Å². The summed E-state index contributed by atoms with van der Waals surface area (Å²) >= 11 is 0. The summed E-state index contributed by atoms with van der Waals surface area (Å²) in [5, 5.41) is 4.36. The normalized spacial score (nSPS) is 13.4. The number of rotatable bonds is 2. The highest BCUT2D eigenvalue weighted by Gasteiger charge is 2.15. The molecule has 10 heteroatoms. The van der Waals surface area contributed by atoms with Crippen molar-refractivity contribution in [1.29, 1.82) is 0 Å². The Kier molecular flexibility index (Phi) is 3.68. The number of carbonyl (C=O) groups is 1. The van der Waals surface area contributed by atoms with E-state index in [9.17, 15) is 9.59 Å². The van der Waals surface area contributed by atoms with Crippen molar-refractivity contribution in [2.75, 3.05) is 18.6 Å². The van der Waals surface area contributed by atoms with Crippen LogP contribution in [-0.4, -0.2) is 43.4 Å². The fourth-order valence-corrected chi connectivity index (χ4v) is 3.03. The number of aromatic nitrogens is 5. The second-order valence-corrected chi connectivity index (χ2v) is 6.17. The van der Waals surface area contributed by atoms with E-state index in [-0.39, 0.29) is 0 Å². The zero-order chi connectivity index (χ0) is 19.1. The number of pyridine rings is 1. The molecule has 0 saturated heterocycles. The molecule has 0 radical (unpaired) electrons. The van der Waals surface area contributed by atoms with Crippen LogP contribution < -0.4 is 20.5 Å². The number of nitrogens with one attached hydrogen (secondary N) is 1. The van der Waals surface area contributed by atoms with Crippen LogP contribution in [0.25, 0.3) is 16.7 Å². The number of benzene rings is 1. The fourth-order valence-electron chi connectivity index (χ4n) is 3.03. The van der Waals surface area contributed by atoms with Gasteiger partial charge in [-0.2, -0.15) is 14.6 Å². The number of carbonyl (C=O) groups excluding carboxylic acids is 1. The number of amides is 1. The smallest absolute Gasteiger partial charge is 0.280 e. The van der Waals surface area contributed by atoms with E-state index in [1.165, 1.54) is 23.2 Å². The van der Waals surface area contributed by atoms with Gasteiger partial charge >= 0.3 is 0 Å². The Morgan fingerprint density at radius 3 is 2.86 bits per heavy atom. The topological polar surface area (TPSA) is 113 Å². The Labute approximate surface area is 157 Å². The van der Waals surface area contributed by atoms with Crippen LogP contribution in [-0.2, 0) is 0 Å². The van der Waals surface area contributed by atoms with Crippen LogP contribution in [0.4, 0.5) is 0 Å². The highest BCUT2D eigenvalue weighted by atomic mass is 16.5. The molecule has 140 valence electrons. The molecule has 4 heterocycles. The van der Waals surface area contributed by atoms with E-state index >= 15 is 0 Å². The first-order chi connectivity index (χ1) is 13.7. The van der Waals surface area contributed by atoms with Gasteiger partial charge in [0, 0.05) is 24.4 Å². The van der Waals surface area contributed by atoms with Gasteiger partial charge in [0.1, 0.15) is 6.33 Å². The molecule has 10 nitrogen and oxygen atoms in total. The lowest BCUT2D eigenvalue weighted by atomic mass is 10.2. The average Bonchev–Trinajstić information content (AvgIpc) is 3.07. The van der Waals surface area contributed by atoms with E-state index in [1.807, 2.05) is 0 Å². The molecule has 0 bridgehead atoms. The standard InChI is InChI=1S/C18H14N6O4/c25-16(11-2-3-14-15(8-11)28-7-1-6-27-14)22-23-5-4-13-12(17(23)26)9-19-18-20-10-21-24(13)18/h2-5,8-10H,1,6-7H2,(H,22,25). The molecule has 1 aliphatic heterocycles. The van der Waals surface area contributed by atoms with Crippen LogP contribution in [0.1, 0.15) is 16.8 Å². The van der Waals surface area contributed by atoms with Crippen molar-refractivity contribution in [3.05, 3.63) is 58.9 Å². The Balaban J connectivity index is 1.49. The predicted molar refractivity (Wildman–Crippen MR) is 98.3 cm³/mol. The summed E-state index contributed by atoms with van der Waals surface area (Å²) in [5.41, 5.74) is 3.05. The summed E-state index contributed by atoms with van der Waals surface area (Å²) in [6.07, 6.45) is 5.01. The first-order valence-corrected chi connectivity index (χ1v) is 8.62. The molecule has 0 unspecified atom stereocenters. The fraction of sp³-hybridized carbons (Fsp3) is 0.167. The minimum Gasteiger partial charge on any atom is -0.490 e. The molecule has 1 aliphatic rings. The van der Waals surface area contributed by atoms with Gasteiger partial charge in [0.05, 0.1) is 24.1 Å². The molecule has 0 aliphatic carbocycles. The third-order valence-corrected chi connectivity index (χ3v) is 4.41. The summed E-state index contributed by atoms with van der Waals surface area (Å²) in [6.45, 7) is 1.09. The maximum Gasteiger partial charge on any atom is 0.280 e. The lowest BCUT2D eigenvalue weighted by Gasteiger charge is -2.11. The molecule has 1 aromatic carbocycles. The minimum absolute atomic E-state index is 0.305. The summed E-state index contributed by atoms with van der Waals surface area (Å²) in [5.74, 6) is 1.04. The van der Waals surface area contributed by atoms with E-state index in [2.05, 4.69) is 20.5 Å². The highest BCUT2D eigenvalue weighted by Crippen LogP contribution is 2.30. The number of hydrogen-bond acceptors (Lipinski definition) is 7. The van der Waals surface area contributed by atoms with Gasteiger partial charge in [0.15, 0.2) is 11.5 Å². The van der Waals surface area contributed by atoms with Gasteiger partial charge in [-0.3, -0.25) is 15.0 Å². The quantitative estimate of drug-likeness (QED) is 0.553. The van der Waals surface area contributed by atoms with Crippen LogP contribution in [0.2, 0.25) is 0 Å². The van der Waals surface area contributed by atoms with Crippen molar-refractivity contribution in [2.45, 2.75) is 6.42 Å². The Bertz CT molecular complexity index is 1280. The van der Waals surface area contributed by atoms with Gasteiger partial charge in [0.25, 0.3) is 17.2 Å². The Morgan fingerprint density at radius 2 is 1.96 bits per heavy atom. The van der Waals surface area contributed by atoms with Crippen molar-refractivity contribution in [1.82, 2.24) is 24.3 Å². The Morgan fingerprint density at radius 1 is 1.11 bits per heavy atom. The van der Waals surface area contributed by atoms with Crippen molar-refractivity contribution in [2.24, 2.45) is 0 Å². The monoisotopic (exact) mass is 378 g/mol. The number of ether oxygens (including phenoxy) is 2. The first kappa shape index (κ1) is 16.2. The molecule has 0 atom stereocenters. The predicted octanol–water partition coefficient (Wildman–Crippen LogP) is 0.984. The molecule has 1 amide bonds. The van der Waals surface area contributed by atoms with Crippen molar-refractivity contribution in [3.63, 3.8) is 0 Å². The van der Waals surface area contributed by atoms with Crippen LogP contribution in [0.15, 0.2) is 47.8 Å². The van der Waals surface area contributed by atoms with Crippen LogP contribution >= 0.6 is 0 Å². The summed E-state index contributed by atoms with van der Waals surface area (Å²) in [6, 6.07) is 6.57. The lowest BCUT2D eigenvalue weighted by molar-refractivity contribution is 0.101. The second kappa shape index (κ2) is 6.34. The molecular formula is C18H14N6O4. The van der Waals surface area contributed by atoms with Crippen molar-refractivity contribution in [3.8, 4) is 11.5 Å². The number of nitrogens with zero attached hydrogens (tertiary/aromatic N) is 5. The maximum atomic E-state index is 12.7. The van der Waals surface area contributed by atoms with Crippen LogP contribution in [0, 0.1) is 0 Å². The number of hydrogen-bond donors (Lipinski definition) is 1. The van der Waals surface area contributed by atoms with E-state index in [0.717, 1.165) is 11.1 Å². The molecule has 0 fully saturated rings. The minimum atomic E-state index is -0.452. The van der Waals surface area contributed by atoms with Crippen LogP contribution in [0.3, 0.4) is 0 Å². The van der Waals surface area contributed by atoms with E-state index in [1.54, 1.807) is 24.3 Å². The SMILES string of the molecule is O=C(Nn1ccc2c(cnc3ncnn32)c1=O)c1ccc2c(c1)OCCCO2. The van der Waals surface area contributed by atoms with E-state index in [4.69, 9.17) is 9.47 Å². The molecular weight excluding hydrogens is 364 g/mol. The van der Waals surface area contributed by atoms with E-state index in [0.29, 0.717) is 47.0 Å². The molecule has 4 aromatic rings. The third-order valence-electron chi connectivity index (χ3n) is 4.41. The molecule has 5 rings (SSSR count). The lowest BCUT2D eigenvalue weighted by Crippen LogP contribution is -2.33. The summed E-state index contributed by atoms with van der Waals surface area (Å²) < 4.78 is 13.7. The third kappa shape index (κ3) is 2.62. The zero-order valence-electron chi connectivity index (χ0n) is 14.5. The van der Waals surface area contributed by atoms with Crippen molar-refractivity contribution >= 4 is 22.6 Å². The maximum absolute atomic E-state index is 12.7. The molecule has 3 aromatic heterocycles. The van der Waals surface area contributed by atoms with Crippen molar-refractivity contribution < 1.29 is 14.3 Å². The molecule has 0 spiro atoms. The van der Waals surface area contributed by atoms with Gasteiger partial charge in [-0.25, -0.2) is 9.66 Å². The molecule has 1 N–H and O–H groups in total. The number of fused-ring (bicyclic) bond motifs is 4. The van der Waals surface area contributed by atoms with Gasteiger partial charge in [0.2, 0.25) is 0 Å². The zero-order valence-corrected chi connectivity index (χ0v) is 14.5.